The molecular formula is C65H123NO6. The summed E-state index contributed by atoms with van der Waals surface area (Å²) >= 11 is 0. The van der Waals surface area contributed by atoms with Crippen LogP contribution in [0.1, 0.15) is 299 Å². The number of hydrogen-bond acceptors (Lipinski definition) is 7. The fourth-order valence-corrected chi connectivity index (χ4v) is 9.83. The fourth-order valence-electron chi connectivity index (χ4n) is 9.83. The number of unbranched alkanes of at least 4 members (excludes halogenated alkanes) is 22. The highest BCUT2D eigenvalue weighted by Gasteiger charge is 2.17. The van der Waals surface area contributed by atoms with Crippen LogP contribution in [0.5, 0.6) is 0 Å². The number of ether oxygens (including phenoxy) is 3. The molecule has 0 aliphatic heterocycles. The molecule has 2 unspecified atom stereocenters. The quantitative estimate of drug-likeness (QED) is 0.0260. The molecule has 0 bridgehead atoms. The molecule has 424 valence electrons. The van der Waals surface area contributed by atoms with Crippen molar-refractivity contribution in [2.24, 2.45) is 35.5 Å². The predicted octanol–water partition coefficient (Wildman–Crippen LogP) is 19.3. The second kappa shape index (κ2) is 51.0. The first kappa shape index (κ1) is 69.8. The molecule has 7 heteroatoms. The Hall–Kier alpha value is -2.15. The average Bonchev–Trinajstić information content (AvgIpc) is 3.32. The maximum atomic E-state index is 12.7. The van der Waals surface area contributed by atoms with Crippen LogP contribution in [0, 0.1) is 35.5 Å². The molecule has 0 aromatic carbocycles. The van der Waals surface area contributed by atoms with E-state index in [0.29, 0.717) is 56.1 Å². The highest BCUT2D eigenvalue weighted by Crippen LogP contribution is 2.25. The summed E-state index contributed by atoms with van der Waals surface area (Å²) in [7, 11) is 4.11. The molecule has 0 N–H and O–H groups in total. The van der Waals surface area contributed by atoms with E-state index in [-0.39, 0.29) is 24.0 Å². The third kappa shape index (κ3) is 50.0. The van der Waals surface area contributed by atoms with Crippen LogP contribution in [-0.2, 0) is 28.6 Å². The molecule has 7 nitrogen and oxygen atoms in total. The van der Waals surface area contributed by atoms with Crippen molar-refractivity contribution in [2.45, 2.75) is 305 Å². The van der Waals surface area contributed by atoms with E-state index in [2.05, 4.69) is 98.7 Å². The summed E-state index contributed by atoms with van der Waals surface area (Å²) in [5.41, 5.74) is 0. The fraction of sp³-hybridized carbons (Fsp3) is 0.892. The van der Waals surface area contributed by atoms with Gasteiger partial charge in [-0.15, -0.1) is 0 Å². The van der Waals surface area contributed by atoms with Gasteiger partial charge in [0, 0.05) is 19.3 Å². The molecule has 0 saturated heterocycles. The summed E-state index contributed by atoms with van der Waals surface area (Å²) in [4.78, 5) is 39.2. The van der Waals surface area contributed by atoms with Gasteiger partial charge >= 0.3 is 17.9 Å². The Morgan fingerprint density at radius 1 is 0.361 bits per heavy atom. The first-order valence-corrected chi connectivity index (χ1v) is 31.2. The van der Waals surface area contributed by atoms with Crippen LogP contribution < -0.4 is 0 Å². The van der Waals surface area contributed by atoms with Crippen LogP contribution in [0.15, 0.2) is 24.3 Å². The zero-order valence-corrected chi connectivity index (χ0v) is 49.7. The minimum absolute atomic E-state index is 0.0117. The molecule has 0 heterocycles. The first-order valence-electron chi connectivity index (χ1n) is 31.2. The Balaban J connectivity index is 3.97. The van der Waals surface area contributed by atoms with Crippen LogP contribution >= 0.6 is 0 Å². The van der Waals surface area contributed by atoms with Crippen LogP contribution in [0.2, 0.25) is 0 Å². The molecule has 0 spiro atoms. The van der Waals surface area contributed by atoms with Crippen molar-refractivity contribution in [3.05, 3.63) is 24.3 Å². The summed E-state index contributed by atoms with van der Waals surface area (Å²) in [5, 5.41) is 0. The van der Waals surface area contributed by atoms with Crippen LogP contribution in [0.25, 0.3) is 0 Å². The molecule has 0 rings (SSSR count). The van der Waals surface area contributed by atoms with Crippen LogP contribution in [0.3, 0.4) is 0 Å². The molecule has 0 aliphatic carbocycles. The maximum absolute atomic E-state index is 12.7. The topological polar surface area (TPSA) is 82.1 Å². The molecule has 0 aromatic rings. The number of hydrogen-bond donors (Lipinski definition) is 0. The summed E-state index contributed by atoms with van der Waals surface area (Å²) < 4.78 is 17.2. The summed E-state index contributed by atoms with van der Waals surface area (Å²) in [6, 6.07) is 0. The summed E-state index contributed by atoms with van der Waals surface area (Å²) in [5.74, 6) is 4.03. The Bertz CT molecular complexity index is 1190. The smallest absolute Gasteiger partial charge is 0.306 e. The zero-order chi connectivity index (χ0) is 53.3. The van der Waals surface area contributed by atoms with Crippen molar-refractivity contribution in [1.29, 1.82) is 0 Å². The molecule has 0 radical (unpaired) electrons. The lowest BCUT2D eigenvalue weighted by Crippen LogP contribution is -2.20. The van der Waals surface area contributed by atoms with Crippen molar-refractivity contribution >= 4 is 17.9 Å². The van der Waals surface area contributed by atoms with E-state index in [1.807, 2.05) is 0 Å². The van der Waals surface area contributed by atoms with Crippen molar-refractivity contribution in [2.75, 3.05) is 33.9 Å². The van der Waals surface area contributed by atoms with Gasteiger partial charge in [-0.3, -0.25) is 14.4 Å². The van der Waals surface area contributed by atoms with E-state index in [1.165, 1.54) is 154 Å². The number of rotatable bonds is 53. The summed E-state index contributed by atoms with van der Waals surface area (Å²) in [6.45, 7) is 20.4. The van der Waals surface area contributed by atoms with E-state index in [9.17, 15) is 14.4 Å². The lowest BCUT2D eigenvalue weighted by Gasteiger charge is -2.21. The van der Waals surface area contributed by atoms with Gasteiger partial charge in [0.2, 0.25) is 0 Å². The van der Waals surface area contributed by atoms with Gasteiger partial charge in [0.05, 0.1) is 13.2 Å². The standard InChI is InChI=1S/C65H123NO6/c1-56(2)47-49-60(58(5)6)51-54-70-63(67)44-39-35-31-27-23-19-15-11-13-17-21-25-29-33-37-42-62(72-65(69)46-41-53-66(9)10)43-38-34-30-26-22-18-14-12-16-20-24-28-32-36-40-45-64(68)71-55-52-61(59(7)8)50-48-57(3)4/h11-12,15-16,56-62H,13-14,17-55H2,1-10H3/b15-11-,16-12-. The zero-order valence-electron chi connectivity index (χ0n) is 49.7. The first-order chi connectivity index (χ1) is 34.7. The Kier molecular flexibility index (Phi) is 49.5. The van der Waals surface area contributed by atoms with Crippen molar-refractivity contribution in [1.82, 2.24) is 4.90 Å². The molecular weight excluding hydrogens is 891 g/mol. The number of carbonyl (C=O) groups excluding carboxylic acids is 3. The van der Waals surface area contributed by atoms with Crippen molar-refractivity contribution < 1.29 is 28.6 Å². The number of carbonyl (C=O) groups is 3. The molecule has 0 aromatic heterocycles. The maximum Gasteiger partial charge on any atom is 0.306 e. The van der Waals surface area contributed by atoms with E-state index >= 15 is 0 Å². The second-order valence-electron chi connectivity index (χ2n) is 23.9. The van der Waals surface area contributed by atoms with Gasteiger partial charge in [-0.25, -0.2) is 0 Å². The largest absolute Gasteiger partial charge is 0.466 e. The third-order valence-electron chi connectivity index (χ3n) is 15.0. The van der Waals surface area contributed by atoms with Crippen LogP contribution in [0.4, 0.5) is 0 Å². The number of esters is 3. The molecule has 0 amide bonds. The summed E-state index contributed by atoms with van der Waals surface area (Å²) in [6.07, 6.45) is 52.4. The second-order valence-corrected chi connectivity index (χ2v) is 23.9. The number of allylic oxidation sites excluding steroid dienone is 4. The monoisotopic (exact) mass is 1010 g/mol. The molecule has 0 fully saturated rings. The average molecular weight is 1010 g/mol. The van der Waals surface area contributed by atoms with E-state index in [1.54, 1.807) is 0 Å². The van der Waals surface area contributed by atoms with Crippen LogP contribution in [-0.4, -0.2) is 62.8 Å². The minimum atomic E-state index is -0.0120. The van der Waals surface area contributed by atoms with Gasteiger partial charge in [-0.1, -0.05) is 182 Å². The minimum Gasteiger partial charge on any atom is -0.466 e. The normalized spacial score (nSPS) is 13.4. The molecule has 2 atom stereocenters. The van der Waals surface area contributed by atoms with Gasteiger partial charge in [-0.05, 0) is 178 Å². The lowest BCUT2D eigenvalue weighted by atomic mass is 9.86. The van der Waals surface area contributed by atoms with Gasteiger partial charge in [0.25, 0.3) is 0 Å². The number of nitrogens with zero attached hydrogens (tertiary/aromatic N) is 1. The SMILES string of the molecule is CC(C)CCC(CCOC(=O)CCCCCCC/C=C\CCCCCCCCC(CCCCCCCC/C=C\CCCCCCCC(=O)OCCC(CCC(C)C)C(C)C)OC(=O)CCCN(C)C)C(C)C. The molecule has 0 aliphatic rings. The van der Waals surface area contributed by atoms with Gasteiger partial charge in [0.15, 0.2) is 0 Å². The van der Waals surface area contributed by atoms with E-state index < -0.39 is 0 Å². The Morgan fingerprint density at radius 3 is 1.01 bits per heavy atom. The van der Waals surface area contributed by atoms with Gasteiger partial charge < -0.3 is 19.1 Å². The molecule has 0 saturated carbocycles. The highest BCUT2D eigenvalue weighted by molar-refractivity contribution is 5.70. The van der Waals surface area contributed by atoms with E-state index in [4.69, 9.17) is 14.2 Å². The lowest BCUT2D eigenvalue weighted by molar-refractivity contribution is -0.150. The van der Waals surface area contributed by atoms with Crippen molar-refractivity contribution in [3.8, 4) is 0 Å². The Morgan fingerprint density at radius 2 is 0.681 bits per heavy atom. The predicted molar refractivity (Wildman–Crippen MR) is 310 cm³/mol. The van der Waals surface area contributed by atoms with Gasteiger partial charge in [-0.2, -0.15) is 0 Å². The van der Waals surface area contributed by atoms with E-state index in [0.717, 1.165) is 89.0 Å². The van der Waals surface area contributed by atoms with Gasteiger partial charge in [0.1, 0.15) is 6.10 Å². The third-order valence-corrected chi connectivity index (χ3v) is 15.0. The molecule has 72 heavy (non-hydrogen) atoms. The Labute approximate surface area is 448 Å². The highest BCUT2D eigenvalue weighted by atomic mass is 16.5. The van der Waals surface area contributed by atoms with Crippen molar-refractivity contribution in [3.63, 3.8) is 0 Å².